The van der Waals surface area contributed by atoms with Gasteiger partial charge in [-0.2, -0.15) is 0 Å². The second-order valence-electron chi connectivity index (χ2n) is 0. The number of hydrogen-bond acceptors (Lipinski definition) is 1. The summed E-state index contributed by atoms with van der Waals surface area (Å²) < 4.78 is 8.36. The van der Waals surface area contributed by atoms with Gasteiger partial charge in [-0.3, -0.25) is 0 Å². The molecule has 5 heavy (non-hydrogen) atoms. The van der Waals surface area contributed by atoms with Crippen LogP contribution in [-0.2, 0) is 46.5 Å². The standard InChI is InChI=1S/Bi.3O.Y/q+1;;2*-2;+3. The molecule has 0 spiro atoms. The molecule has 3 nitrogen and oxygen atoms in total. The molecule has 0 aliphatic carbocycles. The zero-order valence-electron chi connectivity index (χ0n) is 2.25. The zero-order valence-corrected chi connectivity index (χ0v) is 8.56. The number of rotatable bonds is 0. The van der Waals surface area contributed by atoms with Gasteiger partial charge in [0.25, 0.3) is 0 Å². The van der Waals surface area contributed by atoms with Crippen molar-refractivity contribution in [1.82, 2.24) is 0 Å². The molecule has 5 heteroatoms. The second kappa shape index (κ2) is 43.4. The van der Waals surface area contributed by atoms with Crippen LogP contribution >= 0.6 is 0 Å². The van der Waals surface area contributed by atoms with Gasteiger partial charge in [-0.1, -0.05) is 0 Å². The molecule has 0 atom stereocenters. The van der Waals surface area contributed by atoms with Crippen molar-refractivity contribution in [1.29, 1.82) is 0 Å². The molecule has 0 aromatic heterocycles. The Morgan fingerprint density at radius 3 is 1.00 bits per heavy atom. The van der Waals surface area contributed by atoms with Crippen LogP contribution in [0.3, 0.4) is 0 Å². The van der Waals surface area contributed by atoms with E-state index in [1.807, 2.05) is 0 Å². The van der Waals surface area contributed by atoms with Crippen molar-refractivity contribution in [3.63, 3.8) is 0 Å². The maximum atomic E-state index is 8.36. The molecule has 0 saturated carbocycles. The minimum absolute atomic E-state index is 0. The van der Waals surface area contributed by atoms with Gasteiger partial charge in [0.05, 0.1) is 0 Å². The molecule has 0 heterocycles. The van der Waals surface area contributed by atoms with E-state index in [0.29, 0.717) is 0 Å². The molecule has 0 aromatic rings. The fraction of sp³-hybridized carbons (Fsp3) is 0. The smallest absolute Gasteiger partial charge is 3.00 e. The molecule has 0 aliphatic rings. The molecule has 0 fully saturated rings. The summed E-state index contributed by atoms with van der Waals surface area (Å²) in [7, 11) is 0. The van der Waals surface area contributed by atoms with Gasteiger partial charge in [0, 0.05) is 0 Å². The summed E-state index contributed by atoms with van der Waals surface area (Å²) in [5.74, 6) is 0. The van der Waals surface area contributed by atoms with Crippen LogP contribution in [0, 0.1) is 0 Å². The average Bonchev–Trinajstić information content (AvgIpc) is 1.00. The molecular formula is BiO3Y. The molecule has 0 aromatic carbocycles. The summed E-state index contributed by atoms with van der Waals surface area (Å²) >= 11 is 0.194. The largest absolute Gasteiger partial charge is 3.00 e. The first-order chi connectivity index (χ1) is 1.00. The summed E-state index contributed by atoms with van der Waals surface area (Å²) in [5, 5.41) is 0. The Balaban J connectivity index is -0.00000000167. The van der Waals surface area contributed by atoms with E-state index in [-0.39, 0.29) is 68.4 Å². The van der Waals surface area contributed by atoms with Crippen LogP contribution in [0.15, 0.2) is 0 Å². The first-order valence-corrected chi connectivity index (χ1v) is 1.60. The van der Waals surface area contributed by atoms with E-state index >= 15 is 0 Å². The molecule has 0 amide bonds. The van der Waals surface area contributed by atoms with Crippen LogP contribution in [0.1, 0.15) is 0 Å². The quantitative estimate of drug-likeness (QED) is 0.533. The number of hydrogen-bond donors (Lipinski definition) is 0. The maximum absolute atomic E-state index is 8.36. The van der Waals surface area contributed by atoms with E-state index in [4.69, 9.17) is 2.81 Å². The Morgan fingerprint density at radius 1 is 1.00 bits per heavy atom. The van der Waals surface area contributed by atoms with Gasteiger partial charge in [0.1, 0.15) is 0 Å². The fourth-order valence-corrected chi connectivity index (χ4v) is 0. The van der Waals surface area contributed by atoms with Gasteiger partial charge in [-0.25, -0.2) is 0 Å². The van der Waals surface area contributed by atoms with Gasteiger partial charge in [-0.05, 0) is 0 Å². The predicted octanol–water partition coefficient (Wildman–Crippen LogP) is -0.740. The van der Waals surface area contributed by atoms with Crippen LogP contribution in [0.5, 0.6) is 0 Å². The summed E-state index contributed by atoms with van der Waals surface area (Å²) in [6, 6.07) is 0. The third kappa shape index (κ3) is 26.9. The van der Waals surface area contributed by atoms with Gasteiger partial charge in [0.2, 0.25) is 0 Å². The van der Waals surface area contributed by atoms with Crippen molar-refractivity contribution < 1.29 is 46.5 Å². The van der Waals surface area contributed by atoms with Crippen molar-refractivity contribution in [2.45, 2.75) is 0 Å². The Labute approximate surface area is 70.3 Å². The molecule has 0 N–H and O–H groups in total. The molecule has 0 saturated heterocycles. The van der Waals surface area contributed by atoms with Gasteiger partial charge >= 0.3 is 60.2 Å². The van der Waals surface area contributed by atoms with Crippen LogP contribution < -0.4 is 0 Å². The Kier molecular flexibility index (Phi) is 259. The third-order valence-electron chi connectivity index (χ3n) is 0. The minimum atomic E-state index is 0. The summed E-state index contributed by atoms with van der Waals surface area (Å²) in [6.07, 6.45) is 0. The van der Waals surface area contributed by atoms with Crippen molar-refractivity contribution >= 4 is 24.7 Å². The molecule has 26 valence electrons. The van der Waals surface area contributed by atoms with E-state index in [2.05, 4.69) is 0 Å². The Bertz CT molecular complexity index is 6.85. The van der Waals surface area contributed by atoms with Gasteiger partial charge < -0.3 is 11.0 Å². The molecule has 0 aliphatic heterocycles. The molecule has 0 rings (SSSR count). The van der Waals surface area contributed by atoms with E-state index in [0.717, 1.165) is 0 Å². The summed E-state index contributed by atoms with van der Waals surface area (Å²) in [6.45, 7) is 0. The summed E-state index contributed by atoms with van der Waals surface area (Å²) in [4.78, 5) is 0. The molecule has 0 unspecified atom stereocenters. The van der Waals surface area contributed by atoms with Crippen LogP contribution in [0.4, 0.5) is 0 Å². The van der Waals surface area contributed by atoms with Crippen LogP contribution in [0.2, 0.25) is 0 Å². The van der Waals surface area contributed by atoms with Gasteiger partial charge in [-0.15, -0.1) is 0 Å². The van der Waals surface area contributed by atoms with E-state index in [1.54, 1.807) is 0 Å². The predicted molar refractivity (Wildman–Crippen MR) is 7.81 cm³/mol. The molecule has 0 bridgehead atoms. The monoisotopic (exact) mass is 346 g/mol. The van der Waals surface area contributed by atoms with Crippen LogP contribution in [-0.4, -0.2) is 24.7 Å². The topological polar surface area (TPSA) is 74.1 Å². The van der Waals surface area contributed by atoms with Crippen molar-refractivity contribution in [3.05, 3.63) is 0 Å². The third-order valence-corrected chi connectivity index (χ3v) is 0. The molecule has 2 radical (unpaired) electrons. The van der Waals surface area contributed by atoms with Crippen molar-refractivity contribution in [2.24, 2.45) is 0 Å². The Hall–Kier alpha value is 1.71. The van der Waals surface area contributed by atoms with Gasteiger partial charge in [0.15, 0.2) is 0 Å². The van der Waals surface area contributed by atoms with Crippen molar-refractivity contribution in [2.75, 3.05) is 0 Å². The minimum Gasteiger partial charge on any atom is 3.00 e. The van der Waals surface area contributed by atoms with E-state index < -0.39 is 0 Å². The second-order valence-corrected chi connectivity index (χ2v) is 0. The van der Waals surface area contributed by atoms with E-state index in [1.165, 1.54) is 0 Å². The normalized spacial score (nSPS) is 0.800. The average molecular weight is 346 g/mol. The van der Waals surface area contributed by atoms with Crippen molar-refractivity contribution in [3.8, 4) is 0 Å². The zero-order chi connectivity index (χ0) is 2.00. The fourth-order valence-electron chi connectivity index (χ4n) is 0. The summed E-state index contributed by atoms with van der Waals surface area (Å²) in [5.41, 5.74) is 0. The van der Waals surface area contributed by atoms with E-state index in [9.17, 15) is 0 Å². The van der Waals surface area contributed by atoms with Crippen LogP contribution in [0.25, 0.3) is 0 Å². The first-order valence-electron chi connectivity index (χ1n) is 0.183. The molecular weight excluding hydrogens is 346 g/mol. The first kappa shape index (κ1) is 29.8. The SMILES string of the molecule is [O-2].[O-2].[O]=[Bi+].[Y+3]. The maximum Gasteiger partial charge on any atom is 3.00 e. The Morgan fingerprint density at radius 2 is 1.00 bits per heavy atom.